The van der Waals surface area contributed by atoms with Gasteiger partial charge in [-0.3, -0.25) is 0 Å². The second-order valence-electron chi connectivity index (χ2n) is 8.64. The summed E-state index contributed by atoms with van der Waals surface area (Å²) in [6, 6.07) is 0. The number of allylic oxidation sites excluding steroid dienone is 4. The molecular formula is C20H30. The minimum Gasteiger partial charge on any atom is -0.0808 e. The van der Waals surface area contributed by atoms with E-state index in [4.69, 9.17) is 0 Å². The first-order valence-electron chi connectivity index (χ1n) is 8.94. The van der Waals surface area contributed by atoms with Crippen LogP contribution < -0.4 is 0 Å². The third-order valence-corrected chi connectivity index (χ3v) is 8.05. The second-order valence-corrected chi connectivity index (χ2v) is 8.64. The normalized spacial score (nSPS) is 53.9. The maximum atomic E-state index is 2.63. The molecule has 2 fully saturated rings. The van der Waals surface area contributed by atoms with Crippen LogP contribution in [0.4, 0.5) is 0 Å². The molecule has 0 spiro atoms. The Kier molecular flexibility index (Phi) is 2.79. The molecule has 2 saturated carbocycles. The Morgan fingerprint density at radius 2 is 1.90 bits per heavy atom. The van der Waals surface area contributed by atoms with Crippen molar-refractivity contribution in [3.8, 4) is 0 Å². The molecule has 6 atom stereocenters. The first-order valence-corrected chi connectivity index (χ1v) is 8.94. The van der Waals surface area contributed by atoms with Gasteiger partial charge in [0.15, 0.2) is 0 Å². The third kappa shape index (κ3) is 1.54. The minimum atomic E-state index is 0.505. The Morgan fingerprint density at radius 3 is 2.75 bits per heavy atom. The maximum absolute atomic E-state index is 2.63. The van der Waals surface area contributed by atoms with Crippen LogP contribution in [0.1, 0.15) is 65.7 Å². The fourth-order valence-electron chi connectivity index (χ4n) is 6.45. The molecule has 0 saturated heterocycles. The number of fused-ring (bicyclic) bond motifs is 5. The van der Waals surface area contributed by atoms with Crippen molar-refractivity contribution in [2.75, 3.05) is 0 Å². The van der Waals surface area contributed by atoms with E-state index in [0.29, 0.717) is 10.8 Å². The average Bonchev–Trinajstić information content (AvgIpc) is 2.74. The summed E-state index contributed by atoms with van der Waals surface area (Å²) >= 11 is 0. The van der Waals surface area contributed by atoms with Crippen molar-refractivity contribution in [3.63, 3.8) is 0 Å². The van der Waals surface area contributed by atoms with Crippen LogP contribution in [-0.4, -0.2) is 0 Å². The molecule has 0 nitrogen and oxygen atoms in total. The lowest BCUT2D eigenvalue weighted by Gasteiger charge is -2.56. The highest BCUT2D eigenvalue weighted by molar-refractivity contribution is 5.35. The van der Waals surface area contributed by atoms with Crippen molar-refractivity contribution in [2.24, 2.45) is 34.5 Å². The summed E-state index contributed by atoms with van der Waals surface area (Å²) in [6.45, 7) is 7.70. The van der Waals surface area contributed by atoms with E-state index in [2.05, 4.69) is 39.0 Å². The van der Waals surface area contributed by atoms with Crippen LogP contribution >= 0.6 is 0 Å². The lowest BCUT2D eigenvalue weighted by atomic mass is 9.49. The lowest BCUT2D eigenvalue weighted by molar-refractivity contribution is -0.0115. The van der Waals surface area contributed by atoms with Crippen LogP contribution in [0.3, 0.4) is 0 Å². The van der Waals surface area contributed by atoms with Gasteiger partial charge >= 0.3 is 0 Å². The van der Waals surface area contributed by atoms with Gasteiger partial charge in [-0.2, -0.15) is 0 Å². The van der Waals surface area contributed by atoms with E-state index in [0.717, 1.165) is 23.7 Å². The second kappa shape index (κ2) is 4.24. The summed E-state index contributed by atoms with van der Waals surface area (Å²) in [5.41, 5.74) is 2.82. The van der Waals surface area contributed by atoms with Gasteiger partial charge in [-0.1, -0.05) is 39.0 Å². The summed E-state index contributed by atoms with van der Waals surface area (Å²) in [5.74, 6) is 3.71. The Hall–Kier alpha value is -0.520. The van der Waals surface area contributed by atoms with Gasteiger partial charge in [0.05, 0.1) is 0 Å². The van der Waals surface area contributed by atoms with Crippen LogP contribution in [0.5, 0.6) is 0 Å². The van der Waals surface area contributed by atoms with Crippen molar-refractivity contribution < 1.29 is 0 Å². The van der Waals surface area contributed by atoms with Crippen molar-refractivity contribution in [1.82, 2.24) is 0 Å². The third-order valence-electron chi connectivity index (χ3n) is 8.05. The fraction of sp³-hybridized carbons (Fsp3) is 0.800. The van der Waals surface area contributed by atoms with Crippen LogP contribution in [0.25, 0.3) is 0 Å². The first kappa shape index (κ1) is 13.2. The Bertz CT molecular complexity index is 470. The molecule has 6 unspecified atom stereocenters. The Morgan fingerprint density at radius 1 is 1.05 bits per heavy atom. The van der Waals surface area contributed by atoms with E-state index in [9.17, 15) is 0 Å². The molecule has 0 aromatic carbocycles. The van der Waals surface area contributed by atoms with E-state index in [1.165, 1.54) is 44.9 Å². The van der Waals surface area contributed by atoms with Crippen molar-refractivity contribution in [1.29, 1.82) is 0 Å². The summed E-state index contributed by atoms with van der Waals surface area (Å²) in [6.07, 6.45) is 17.8. The first-order chi connectivity index (χ1) is 9.56. The van der Waals surface area contributed by atoms with Gasteiger partial charge < -0.3 is 0 Å². The van der Waals surface area contributed by atoms with E-state index in [1.807, 2.05) is 0 Å². The maximum Gasteiger partial charge on any atom is -0.00445 e. The zero-order valence-corrected chi connectivity index (χ0v) is 13.5. The molecule has 0 bridgehead atoms. The SMILES string of the molecule is CC1CCC2C3C=CC4=CCCCC4(C)C3CCC12C. The van der Waals surface area contributed by atoms with E-state index < -0.39 is 0 Å². The van der Waals surface area contributed by atoms with Gasteiger partial charge in [0.25, 0.3) is 0 Å². The standard InChI is InChI=1S/C20H30/c1-14-7-10-17-16-9-8-15-6-4-5-12-20(15,3)18(16)11-13-19(14,17)2/h6,8-9,14,16-18H,4-5,7,10-13H2,1-3H3. The number of hydrogen-bond acceptors (Lipinski definition) is 0. The molecular weight excluding hydrogens is 240 g/mol. The van der Waals surface area contributed by atoms with Crippen LogP contribution in [0.15, 0.2) is 23.8 Å². The molecule has 20 heavy (non-hydrogen) atoms. The zero-order chi connectivity index (χ0) is 14.0. The van der Waals surface area contributed by atoms with Gasteiger partial charge in [-0.05, 0) is 85.0 Å². The molecule has 0 radical (unpaired) electrons. The van der Waals surface area contributed by atoms with Crippen LogP contribution in [0.2, 0.25) is 0 Å². The summed E-state index contributed by atoms with van der Waals surface area (Å²) < 4.78 is 0. The van der Waals surface area contributed by atoms with E-state index in [1.54, 1.807) is 5.57 Å². The predicted molar refractivity (Wildman–Crippen MR) is 85.4 cm³/mol. The Labute approximate surface area is 124 Å². The minimum absolute atomic E-state index is 0.505. The number of rotatable bonds is 0. The van der Waals surface area contributed by atoms with Crippen LogP contribution in [-0.2, 0) is 0 Å². The molecule has 0 amide bonds. The molecule has 0 heterocycles. The molecule has 0 aromatic rings. The summed E-state index contributed by atoms with van der Waals surface area (Å²) in [4.78, 5) is 0. The quantitative estimate of drug-likeness (QED) is 0.525. The topological polar surface area (TPSA) is 0 Å². The molecule has 0 N–H and O–H groups in total. The lowest BCUT2D eigenvalue weighted by Crippen LogP contribution is -2.48. The largest absolute Gasteiger partial charge is 0.0808 e. The highest BCUT2D eigenvalue weighted by Gasteiger charge is 2.56. The molecule has 110 valence electrons. The molecule has 0 aromatic heterocycles. The zero-order valence-electron chi connectivity index (χ0n) is 13.5. The van der Waals surface area contributed by atoms with Gasteiger partial charge in [0.1, 0.15) is 0 Å². The van der Waals surface area contributed by atoms with Gasteiger partial charge in [0.2, 0.25) is 0 Å². The highest BCUT2D eigenvalue weighted by atomic mass is 14.6. The van der Waals surface area contributed by atoms with Gasteiger partial charge in [0, 0.05) is 0 Å². The highest BCUT2D eigenvalue weighted by Crippen LogP contribution is 2.65. The van der Waals surface area contributed by atoms with Gasteiger partial charge in [-0.15, -0.1) is 0 Å². The summed E-state index contributed by atoms with van der Waals surface area (Å²) in [7, 11) is 0. The molecule has 0 heteroatoms. The molecule has 4 aliphatic carbocycles. The van der Waals surface area contributed by atoms with E-state index in [-0.39, 0.29) is 0 Å². The van der Waals surface area contributed by atoms with Crippen molar-refractivity contribution in [2.45, 2.75) is 65.7 Å². The fourth-order valence-corrected chi connectivity index (χ4v) is 6.45. The van der Waals surface area contributed by atoms with E-state index >= 15 is 0 Å². The van der Waals surface area contributed by atoms with Gasteiger partial charge in [-0.25, -0.2) is 0 Å². The smallest absolute Gasteiger partial charge is 0.00445 e. The molecule has 4 aliphatic rings. The predicted octanol–water partition coefficient (Wildman–Crippen LogP) is 5.75. The van der Waals surface area contributed by atoms with Crippen LogP contribution in [0, 0.1) is 34.5 Å². The summed E-state index contributed by atoms with van der Waals surface area (Å²) in [5, 5.41) is 0. The van der Waals surface area contributed by atoms with Crippen molar-refractivity contribution in [3.05, 3.63) is 23.8 Å². The monoisotopic (exact) mass is 270 g/mol. The van der Waals surface area contributed by atoms with Crippen molar-refractivity contribution >= 4 is 0 Å². The molecule has 4 rings (SSSR count). The number of hydrogen-bond donors (Lipinski definition) is 0. The average molecular weight is 270 g/mol. The molecule has 0 aliphatic heterocycles. The Balaban J connectivity index is 1.74.